The van der Waals surface area contributed by atoms with E-state index in [9.17, 15) is 4.79 Å². The van der Waals surface area contributed by atoms with Gasteiger partial charge in [0.15, 0.2) is 0 Å². The van der Waals surface area contributed by atoms with E-state index < -0.39 is 0 Å². The van der Waals surface area contributed by atoms with E-state index in [0.29, 0.717) is 6.54 Å². The molecule has 2 aliphatic rings. The van der Waals surface area contributed by atoms with E-state index in [2.05, 4.69) is 29.3 Å². The first kappa shape index (κ1) is 17.4. The number of rotatable bonds is 4. The molecule has 0 bridgehead atoms. The zero-order chi connectivity index (χ0) is 17.0. The average molecular weight is 329 g/mol. The zero-order valence-corrected chi connectivity index (χ0v) is 15.1. The molecule has 1 spiro atoms. The molecule has 1 N–H and O–H groups in total. The van der Waals surface area contributed by atoms with Crippen molar-refractivity contribution in [3.05, 3.63) is 35.9 Å². The highest BCUT2D eigenvalue weighted by atomic mass is 16.2. The van der Waals surface area contributed by atoms with Crippen LogP contribution in [-0.2, 0) is 4.79 Å². The Morgan fingerprint density at radius 3 is 2.67 bits per heavy atom. The van der Waals surface area contributed by atoms with E-state index >= 15 is 0 Å². The van der Waals surface area contributed by atoms with Crippen LogP contribution in [0.2, 0.25) is 0 Å². The quantitative estimate of drug-likeness (QED) is 0.923. The number of amides is 1. The molecule has 1 atom stereocenters. The lowest BCUT2D eigenvalue weighted by Crippen LogP contribution is -2.63. The van der Waals surface area contributed by atoms with Crippen molar-refractivity contribution in [2.24, 2.45) is 0 Å². The molecule has 1 saturated carbocycles. The van der Waals surface area contributed by atoms with Gasteiger partial charge in [-0.15, -0.1) is 0 Å². The molecule has 1 amide bonds. The lowest BCUT2D eigenvalue weighted by Gasteiger charge is -2.50. The fraction of sp³-hybridized carbons (Fsp3) is 0.650. The second kappa shape index (κ2) is 7.66. The second-order valence-corrected chi connectivity index (χ2v) is 7.47. The Bertz CT molecular complexity index is 531. The lowest BCUT2D eigenvalue weighted by atomic mass is 9.79. The molecule has 1 heterocycles. The maximum absolute atomic E-state index is 12.9. The molecule has 4 nitrogen and oxygen atoms in total. The number of carbonyl (C=O) groups is 1. The normalized spacial score (nSPS) is 22.2. The van der Waals surface area contributed by atoms with Crippen molar-refractivity contribution in [2.45, 2.75) is 50.6 Å². The van der Waals surface area contributed by atoms with Crippen LogP contribution in [0, 0.1) is 0 Å². The number of hydrogen-bond acceptors (Lipinski definition) is 3. The van der Waals surface area contributed by atoms with Crippen molar-refractivity contribution in [3.63, 3.8) is 0 Å². The van der Waals surface area contributed by atoms with Gasteiger partial charge in [-0.2, -0.15) is 0 Å². The van der Waals surface area contributed by atoms with Crippen molar-refractivity contribution in [3.8, 4) is 0 Å². The van der Waals surface area contributed by atoms with Crippen molar-refractivity contribution in [2.75, 3.05) is 33.2 Å². The van der Waals surface area contributed by atoms with Crippen molar-refractivity contribution in [1.82, 2.24) is 15.1 Å². The Morgan fingerprint density at radius 2 is 1.96 bits per heavy atom. The maximum Gasteiger partial charge on any atom is 0.237 e. The fourth-order valence-electron chi connectivity index (χ4n) is 4.28. The van der Waals surface area contributed by atoms with Crippen LogP contribution in [-0.4, -0.2) is 54.5 Å². The van der Waals surface area contributed by atoms with Crippen LogP contribution < -0.4 is 5.32 Å². The largest absolute Gasteiger partial charge is 0.338 e. The van der Waals surface area contributed by atoms with Gasteiger partial charge >= 0.3 is 0 Å². The summed E-state index contributed by atoms with van der Waals surface area (Å²) >= 11 is 0. The van der Waals surface area contributed by atoms with E-state index in [0.717, 1.165) is 19.6 Å². The second-order valence-electron chi connectivity index (χ2n) is 7.47. The number of nitrogens with one attached hydrogen (secondary N) is 1. The van der Waals surface area contributed by atoms with Gasteiger partial charge in [-0.1, -0.05) is 49.6 Å². The van der Waals surface area contributed by atoms with Crippen molar-refractivity contribution < 1.29 is 4.79 Å². The van der Waals surface area contributed by atoms with Crippen LogP contribution in [0.3, 0.4) is 0 Å². The summed E-state index contributed by atoms with van der Waals surface area (Å²) in [4.78, 5) is 17.3. The van der Waals surface area contributed by atoms with Gasteiger partial charge in [0, 0.05) is 32.2 Å². The van der Waals surface area contributed by atoms with Crippen LogP contribution in [0.25, 0.3) is 0 Å². The van der Waals surface area contributed by atoms with Gasteiger partial charge in [0.2, 0.25) is 5.91 Å². The SMILES string of the molecule is CC(c1ccccc1)N(C)C(=O)CN1CCNCC12CCCCC2. The van der Waals surface area contributed by atoms with Gasteiger partial charge in [0.1, 0.15) is 0 Å². The highest BCUT2D eigenvalue weighted by molar-refractivity contribution is 5.78. The van der Waals surface area contributed by atoms with Crippen LogP contribution in [0.4, 0.5) is 0 Å². The molecule has 1 aromatic carbocycles. The van der Waals surface area contributed by atoms with Crippen LogP contribution in [0.5, 0.6) is 0 Å². The summed E-state index contributed by atoms with van der Waals surface area (Å²) in [6, 6.07) is 10.4. The first-order valence-electron chi connectivity index (χ1n) is 9.39. The molecular formula is C20H31N3O. The number of nitrogens with zero attached hydrogens (tertiary/aromatic N) is 2. The van der Waals surface area contributed by atoms with E-state index in [-0.39, 0.29) is 17.5 Å². The van der Waals surface area contributed by atoms with Crippen LogP contribution in [0.15, 0.2) is 30.3 Å². The first-order chi connectivity index (χ1) is 11.6. The van der Waals surface area contributed by atoms with E-state index in [1.807, 2.05) is 30.1 Å². The zero-order valence-electron chi connectivity index (χ0n) is 15.1. The number of carbonyl (C=O) groups excluding carboxylic acids is 1. The molecule has 1 aliphatic carbocycles. The van der Waals surface area contributed by atoms with E-state index in [1.54, 1.807) is 0 Å². The Morgan fingerprint density at radius 1 is 1.25 bits per heavy atom. The summed E-state index contributed by atoms with van der Waals surface area (Å²) < 4.78 is 0. The topological polar surface area (TPSA) is 35.6 Å². The van der Waals surface area contributed by atoms with Crippen molar-refractivity contribution >= 4 is 5.91 Å². The van der Waals surface area contributed by atoms with E-state index in [1.165, 1.54) is 37.7 Å². The monoisotopic (exact) mass is 329 g/mol. The molecule has 132 valence electrons. The maximum atomic E-state index is 12.9. The first-order valence-corrected chi connectivity index (χ1v) is 9.39. The number of benzene rings is 1. The summed E-state index contributed by atoms with van der Waals surface area (Å²) in [5, 5.41) is 3.56. The third kappa shape index (κ3) is 3.65. The van der Waals surface area contributed by atoms with Gasteiger partial charge in [0.25, 0.3) is 0 Å². The summed E-state index contributed by atoms with van der Waals surface area (Å²) in [6.45, 7) is 5.68. The third-order valence-electron chi connectivity index (χ3n) is 6.05. The van der Waals surface area contributed by atoms with Gasteiger partial charge in [0.05, 0.1) is 12.6 Å². The minimum absolute atomic E-state index is 0.115. The summed E-state index contributed by atoms with van der Waals surface area (Å²) in [5.74, 6) is 0.234. The Kier molecular flexibility index (Phi) is 5.57. The molecule has 24 heavy (non-hydrogen) atoms. The molecule has 1 saturated heterocycles. The van der Waals surface area contributed by atoms with E-state index in [4.69, 9.17) is 0 Å². The van der Waals surface area contributed by atoms with Gasteiger partial charge in [-0.05, 0) is 25.3 Å². The fourth-order valence-corrected chi connectivity index (χ4v) is 4.28. The molecule has 0 radical (unpaired) electrons. The molecule has 3 rings (SSSR count). The van der Waals surface area contributed by atoms with Crippen molar-refractivity contribution in [1.29, 1.82) is 0 Å². The molecule has 4 heteroatoms. The average Bonchev–Trinajstić information content (AvgIpc) is 2.64. The number of piperazine rings is 1. The minimum Gasteiger partial charge on any atom is -0.338 e. The number of hydrogen-bond donors (Lipinski definition) is 1. The number of likely N-dealkylation sites (N-methyl/N-ethyl adjacent to an activating group) is 1. The smallest absolute Gasteiger partial charge is 0.237 e. The molecule has 0 aromatic heterocycles. The summed E-state index contributed by atoms with van der Waals surface area (Å²) in [6.07, 6.45) is 6.39. The Labute approximate surface area is 146 Å². The predicted molar refractivity (Wildman–Crippen MR) is 97.9 cm³/mol. The highest BCUT2D eigenvalue weighted by Gasteiger charge is 2.40. The molecule has 1 aromatic rings. The molecule has 2 fully saturated rings. The van der Waals surface area contributed by atoms with Gasteiger partial charge in [-0.3, -0.25) is 9.69 Å². The summed E-state index contributed by atoms with van der Waals surface area (Å²) in [5.41, 5.74) is 1.41. The summed E-state index contributed by atoms with van der Waals surface area (Å²) in [7, 11) is 1.94. The molecular weight excluding hydrogens is 298 g/mol. The molecule has 1 unspecified atom stereocenters. The lowest BCUT2D eigenvalue weighted by molar-refractivity contribution is -0.135. The third-order valence-corrected chi connectivity index (χ3v) is 6.05. The van der Waals surface area contributed by atoms with Gasteiger partial charge in [-0.25, -0.2) is 0 Å². The standard InChI is InChI=1S/C20H31N3O/c1-17(18-9-5-3-6-10-18)22(2)19(24)15-23-14-13-21-16-20(23)11-7-4-8-12-20/h3,5-6,9-10,17,21H,4,7-8,11-16H2,1-2H3. The Balaban J connectivity index is 1.66. The van der Waals surface area contributed by atoms with Gasteiger partial charge < -0.3 is 10.2 Å². The van der Waals surface area contributed by atoms with Crippen LogP contribution >= 0.6 is 0 Å². The van der Waals surface area contributed by atoms with Crippen LogP contribution in [0.1, 0.15) is 50.6 Å². The predicted octanol–water partition coefficient (Wildman–Crippen LogP) is 2.81. The minimum atomic E-state index is 0.115. The Hall–Kier alpha value is -1.39. The highest BCUT2D eigenvalue weighted by Crippen LogP contribution is 2.34. The molecule has 1 aliphatic heterocycles.